The van der Waals surface area contributed by atoms with Gasteiger partial charge >= 0.3 is 0 Å². The van der Waals surface area contributed by atoms with Crippen molar-refractivity contribution in [2.45, 2.75) is 26.2 Å². The maximum atomic E-state index is 11.7. The maximum Gasteiger partial charge on any atom is 0.182 e. The Balaban J connectivity index is 2.53. The topological polar surface area (TPSA) is 86.7 Å². The van der Waals surface area contributed by atoms with E-state index in [9.17, 15) is 4.79 Å². The molecule has 0 aliphatic rings. The van der Waals surface area contributed by atoms with E-state index in [2.05, 4.69) is 15.4 Å². The van der Waals surface area contributed by atoms with Crippen molar-refractivity contribution in [3.8, 4) is 0 Å². The molecule has 0 spiro atoms. The Morgan fingerprint density at radius 2 is 2.33 bits per heavy atom. The molecule has 0 aliphatic heterocycles. The van der Waals surface area contributed by atoms with E-state index in [4.69, 9.17) is 5.73 Å². The Morgan fingerprint density at radius 1 is 1.60 bits per heavy atom. The molecule has 2 N–H and O–H groups in total. The van der Waals surface area contributed by atoms with Crippen LogP contribution in [0, 0.1) is 5.92 Å². The van der Waals surface area contributed by atoms with Crippen molar-refractivity contribution in [1.82, 2.24) is 20.2 Å². The number of nitrogens with zero attached hydrogens (tertiary/aromatic N) is 4. The number of Topliss-reactive ketones (excluding diaryl/α,β-unsaturated/α-hetero) is 1. The van der Waals surface area contributed by atoms with Gasteiger partial charge in [0.1, 0.15) is 5.78 Å². The first-order chi connectivity index (χ1) is 7.17. The van der Waals surface area contributed by atoms with Crippen LogP contribution in [0.1, 0.15) is 25.6 Å². The van der Waals surface area contributed by atoms with Gasteiger partial charge in [-0.05, 0) is 11.6 Å². The number of hydrogen-bond acceptors (Lipinski definition) is 5. The third kappa shape index (κ3) is 3.39. The first kappa shape index (κ1) is 11.8. The molecule has 1 atom stereocenters. The second-order valence-electron chi connectivity index (χ2n) is 3.56. The maximum absolute atomic E-state index is 11.7. The summed E-state index contributed by atoms with van der Waals surface area (Å²) < 4.78 is 0. The molecule has 0 aromatic carbocycles. The molecular formula is C9H17N5O. The summed E-state index contributed by atoms with van der Waals surface area (Å²) in [7, 11) is 1.67. The normalized spacial score (nSPS) is 12.7. The van der Waals surface area contributed by atoms with Crippen molar-refractivity contribution in [1.29, 1.82) is 0 Å². The average molecular weight is 211 g/mol. The molecule has 1 rings (SSSR count). The highest BCUT2D eigenvalue weighted by atomic mass is 16.1. The third-order valence-corrected chi connectivity index (χ3v) is 2.26. The Bertz CT molecular complexity index is 322. The van der Waals surface area contributed by atoms with E-state index in [0.717, 1.165) is 12.8 Å². The summed E-state index contributed by atoms with van der Waals surface area (Å²) in [5.74, 6) is 0.503. The molecule has 0 fully saturated rings. The number of aromatic nitrogens is 4. The van der Waals surface area contributed by atoms with Gasteiger partial charge in [-0.3, -0.25) is 4.79 Å². The molecule has 1 aromatic rings. The predicted molar refractivity (Wildman–Crippen MR) is 55.0 cm³/mol. The van der Waals surface area contributed by atoms with E-state index in [1.54, 1.807) is 7.05 Å². The minimum atomic E-state index is -0.0705. The second-order valence-corrected chi connectivity index (χ2v) is 3.56. The van der Waals surface area contributed by atoms with Crippen molar-refractivity contribution in [3.05, 3.63) is 5.82 Å². The second kappa shape index (κ2) is 5.55. The SMILES string of the molecule is CCCC(CN)C(=O)Cc1nnn(C)n1. The molecule has 0 aliphatic carbocycles. The largest absolute Gasteiger partial charge is 0.330 e. The Hall–Kier alpha value is -1.30. The summed E-state index contributed by atoms with van der Waals surface area (Å²) in [6.07, 6.45) is 2.02. The highest BCUT2D eigenvalue weighted by Crippen LogP contribution is 2.08. The van der Waals surface area contributed by atoms with Crippen molar-refractivity contribution in [2.24, 2.45) is 18.7 Å². The summed E-state index contributed by atoms with van der Waals surface area (Å²) in [4.78, 5) is 13.1. The number of nitrogens with two attached hydrogens (primary N) is 1. The minimum Gasteiger partial charge on any atom is -0.330 e. The Morgan fingerprint density at radius 3 is 2.80 bits per heavy atom. The van der Waals surface area contributed by atoms with Crippen LogP contribution in [-0.2, 0) is 18.3 Å². The number of tetrazole rings is 1. The van der Waals surface area contributed by atoms with Gasteiger partial charge in [-0.15, -0.1) is 10.2 Å². The van der Waals surface area contributed by atoms with Gasteiger partial charge in [0.05, 0.1) is 13.5 Å². The number of ketones is 1. The van der Waals surface area contributed by atoms with Gasteiger partial charge in [-0.25, -0.2) is 0 Å². The van der Waals surface area contributed by atoms with Crippen LogP contribution in [0.15, 0.2) is 0 Å². The lowest BCUT2D eigenvalue weighted by atomic mass is 9.96. The molecule has 0 saturated carbocycles. The van der Waals surface area contributed by atoms with E-state index in [1.807, 2.05) is 6.92 Å². The molecule has 1 aromatic heterocycles. The van der Waals surface area contributed by atoms with E-state index < -0.39 is 0 Å². The summed E-state index contributed by atoms with van der Waals surface area (Å²) in [5, 5.41) is 11.4. The first-order valence-corrected chi connectivity index (χ1v) is 5.13. The molecule has 0 radical (unpaired) electrons. The lowest BCUT2D eigenvalue weighted by Gasteiger charge is -2.10. The fourth-order valence-corrected chi connectivity index (χ4v) is 1.45. The molecule has 6 heteroatoms. The van der Waals surface area contributed by atoms with Crippen molar-refractivity contribution < 1.29 is 4.79 Å². The number of carbonyl (C=O) groups is 1. The number of carbonyl (C=O) groups excluding carboxylic acids is 1. The summed E-state index contributed by atoms with van der Waals surface area (Å²) in [6, 6.07) is 0. The number of aryl methyl sites for hydroxylation is 1. The van der Waals surface area contributed by atoms with Gasteiger partial charge in [0, 0.05) is 12.5 Å². The molecule has 6 nitrogen and oxygen atoms in total. The molecule has 84 valence electrons. The molecule has 0 bridgehead atoms. The Kier molecular flexibility index (Phi) is 4.36. The molecule has 15 heavy (non-hydrogen) atoms. The van der Waals surface area contributed by atoms with Crippen LogP contribution in [0.4, 0.5) is 0 Å². The van der Waals surface area contributed by atoms with Crippen LogP contribution in [0.5, 0.6) is 0 Å². The highest BCUT2D eigenvalue weighted by Gasteiger charge is 2.18. The fraction of sp³-hybridized carbons (Fsp3) is 0.778. The van der Waals surface area contributed by atoms with E-state index in [1.165, 1.54) is 4.80 Å². The van der Waals surface area contributed by atoms with Gasteiger partial charge in [0.25, 0.3) is 0 Å². The van der Waals surface area contributed by atoms with Gasteiger partial charge in [0.2, 0.25) is 0 Å². The smallest absolute Gasteiger partial charge is 0.182 e. The fourth-order valence-electron chi connectivity index (χ4n) is 1.45. The zero-order chi connectivity index (χ0) is 11.3. The zero-order valence-corrected chi connectivity index (χ0v) is 9.18. The number of rotatable bonds is 6. The lowest BCUT2D eigenvalue weighted by Crippen LogP contribution is -2.25. The van der Waals surface area contributed by atoms with Crippen molar-refractivity contribution in [3.63, 3.8) is 0 Å². The lowest BCUT2D eigenvalue weighted by molar-refractivity contribution is -0.122. The summed E-state index contributed by atoms with van der Waals surface area (Å²) in [6.45, 7) is 2.43. The zero-order valence-electron chi connectivity index (χ0n) is 9.18. The highest BCUT2D eigenvalue weighted by molar-refractivity contribution is 5.82. The van der Waals surface area contributed by atoms with Crippen LogP contribution >= 0.6 is 0 Å². The van der Waals surface area contributed by atoms with Crippen LogP contribution in [0.25, 0.3) is 0 Å². The monoisotopic (exact) mass is 211 g/mol. The summed E-state index contributed by atoms with van der Waals surface area (Å²) in [5.41, 5.74) is 5.54. The molecule has 1 heterocycles. The van der Waals surface area contributed by atoms with Crippen molar-refractivity contribution in [2.75, 3.05) is 6.54 Å². The van der Waals surface area contributed by atoms with Gasteiger partial charge < -0.3 is 5.73 Å². The van der Waals surface area contributed by atoms with Gasteiger partial charge in [-0.2, -0.15) is 4.80 Å². The van der Waals surface area contributed by atoms with Crippen LogP contribution in [0.3, 0.4) is 0 Å². The first-order valence-electron chi connectivity index (χ1n) is 5.13. The molecular weight excluding hydrogens is 194 g/mol. The number of hydrogen-bond donors (Lipinski definition) is 1. The minimum absolute atomic E-state index is 0.0705. The quantitative estimate of drug-likeness (QED) is 0.698. The van der Waals surface area contributed by atoms with E-state index in [-0.39, 0.29) is 18.1 Å². The van der Waals surface area contributed by atoms with Crippen LogP contribution in [-0.4, -0.2) is 32.5 Å². The standard InChI is InChI=1S/C9H17N5O/c1-3-4-7(6-10)8(15)5-9-11-13-14(2)12-9/h7H,3-6,10H2,1-2H3. The molecule has 0 saturated heterocycles. The summed E-state index contributed by atoms with van der Waals surface area (Å²) >= 11 is 0. The van der Waals surface area contributed by atoms with E-state index >= 15 is 0 Å². The van der Waals surface area contributed by atoms with Crippen LogP contribution in [0.2, 0.25) is 0 Å². The molecule has 0 amide bonds. The predicted octanol–water partition coefficient (Wildman–Crippen LogP) is -0.303. The Labute approximate surface area is 88.8 Å². The van der Waals surface area contributed by atoms with E-state index in [0.29, 0.717) is 12.4 Å². The molecule has 1 unspecified atom stereocenters. The van der Waals surface area contributed by atoms with Gasteiger partial charge in [0.15, 0.2) is 5.82 Å². The average Bonchev–Trinajstić information content (AvgIpc) is 2.60. The van der Waals surface area contributed by atoms with Gasteiger partial charge in [-0.1, -0.05) is 13.3 Å². The third-order valence-electron chi connectivity index (χ3n) is 2.26. The van der Waals surface area contributed by atoms with Crippen LogP contribution < -0.4 is 5.73 Å². The van der Waals surface area contributed by atoms with Crippen molar-refractivity contribution >= 4 is 5.78 Å².